The molecular formula is C18H21N5O. The normalized spacial score (nSPS) is 16.2. The molecule has 0 bridgehead atoms. The minimum Gasteiger partial charge on any atom is -0.337 e. The van der Waals surface area contributed by atoms with Gasteiger partial charge < -0.3 is 9.88 Å². The maximum atomic E-state index is 12.4. The number of benzene rings is 1. The topological polar surface area (TPSA) is 77.7 Å². The monoisotopic (exact) mass is 323 g/mol. The zero-order valence-electron chi connectivity index (χ0n) is 14.4. The molecule has 24 heavy (non-hydrogen) atoms. The van der Waals surface area contributed by atoms with E-state index in [0.717, 1.165) is 52.3 Å². The van der Waals surface area contributed by atoms with Gasteiger partial charge in [-0.25, -0.2) is 4.98 Å². The third-order valence-corrected chi connectivity index (χ3v) is 4.87. The Hall–Kier alpha value is -2.63. The highest BCUT2D eigenvalue weighted by atomic mass is 16.2. The van der Waals surface area contributed by atoms with Gasteiger partial charge in [0.1, 0.15) is 5.69 Å². The molecule has 1 aromatic carbocycles. The van der Waals surface area contributed by atoms with Crippen LogP contribution in [0.5, 0.6) is 0 Å². The molecule has 3 heterocycles. The van der Waals surface area contributed by atoms with E-state index in [1.807, 2.05) is 39.1 Å². The summed E-state index contributed by atoms with van der Waals surface area (Å²) < 4.78 is 0. The summed E-state index contributed by atoms with van der Waals surface area (Å²) >= 11 is 0. The van der Waals surface area contributed by atoms with Crippen LogP contribution in [0.1, 0.15) is 38.4 Å². The van der Waals surface area contributed by atoms with E-state index in [-0.39, 0.29) is 5.91 Å². The Kier molecular flexibility index (Phi) is 3.07. The van der Waals surface area contributed by atoms with E-state index < -0.39 is 5.41 Å². The van der Waals surface area contributed by atoms with Crippen molar-refractivity contribution in [2.75, 3.05) is 11.9 Å². The van der Waals surface area contributed by atoms with Gasteiger partial charge in [-0.15, -0.1) is 0 Å². The average Bonchev–Trinajstić information content (AvgIpc) is 3.21. The van der Waals surface area contributed by atoms with E-state index >= 15 is 0 Å². The van der Waals surface area contributed by atoms with E-state index in [1.165, 1.54) is 0 Å². The van der Waals surface area contributed by atoms with Gasteiger partial charge in [-0.3, -0.25) is 9.89 Å². The second-order valence-electron chi connectivity index (χ2n) is 6.98. The molecule has 124 valence electrons. The Labute approximate surface area is 140 Å². The fourth-order valence-corrected chi connectivity index (χ4v) is 3.46. The van der Waals surface area contributed by atoms with Crippen molar-refractivity contribution in [3.8, 4) is 11.5 Å². The number of nitrogens with zero attached hydrogens (tertiary/aromatic N) is 3. The zero-order chi connectivity index (χ0) is 17.1. The van der Waals surface area contributed by atoms with Crippen molar-refractivity contribution >= 4 is 22.6 Å². The summed E-state index contributed by atoms with van der Waals surface area (Å²) in [4.78, 5) is 22.2. The minimum atomic E-state index is -0.514. The summed E-state index contributed by atoms with van der Waals surface area (Å²) in [5.41, 5.74) is 5.18. The minimum absolute atomic E-state index is 0.114. The van der Waals surface area contributed by atoms with Crippen LogP contribution in [0.25, 0.3) is 22.6 Å². The van der Waals surface area contributed by atoms with Crippen molar-refractivity contribution in [3.05, 3.63) is 29.5 Å². The van der Waals surface area contributed by atoms with Crippen LogP contribution >= 0.6 is 0 Å². The van der Waals surface area contributed by atoms with Gasteiger partial charge in [0.05, 0.1) is 22.1 Å². The molecule has 1 aliphatic heterocycles. The highest BCUT2D eigenvalue weighted by molar-refractivity contribution is 6.09. The number of H-pyrrole nitrogens is 2. The summed E-state index contributed by atoms with van der Waals surface area (Å²) in [6, 6.07) is 6.07. The van der Waals surface area contributed by atoms with E-state index in [1.54, 1.807) is 4.90 Å². The van der Waals surface area contributed by atoms with Gasteiger partial charge in [0.25, 0.3) is 0 Å². The number of hydrogen-bond donors (Lipinski definition) is 2. The molecule has 2 aromatic heterocycles. The highest BCUT2D eigenvalue weighted by Gasteiger charge is 2.42. The number of carbonyl (C=O) groups excluding carboxylic acids is 1. The van der Waals surface area contributed by atoms with Crippen LogP contribution in [0.2, 0.25) is 0 Å². The molecular weight excluding hydrogens is 302 g/mol. The number of rotatable bonds is 3. The first-order valence-electron chi connectivity index (χ1n) is 8.29. The molecule has 6 heteroatoms. The Morgan fingerprint density at radius 1 is 1.25 bits per heavy atom. The molecule has 3 aromatic rings. The molecule has 0 atom stereocenters. The van der Waals surface area contributed by atoms with Crippen LogP contribution < -0.4 is 4.90 Å². The van der Waals surface area contributed by atoms with Crippen molar-refractivity contribution in [3.63, 3.8) is 0 Å². The van der Waals surface area contributed by atoms with Gasteiger partial charge in [-0.1, -0.05) is 13.3 Å². The molecule has 2 N–H and O–H groups in total. The molecule has 6 nitrogen and oxygen atoms in total. The lowest BCUT2D eigenvalue weighted by Gasteiger charge is -2.16. The fraction of sp³-hybridized carbons (Fsp3) is 0.389. The lowest BCUT2D eigenvalue weighted by atomic mass is 9.86. The van der Waals surface area contributed by atoms with Gasteiger partial charge in [-0.05, 0) is 44.0 Å². The number of carbonyl (C=O) groups is 1. The highest BCUT2D eigenvalue weighted by Crippen LogP contribution is 2.42. The number of aromatic nitrogens is 4. The van der Waals surface area contributed by atoms with E-state index in [0.29, 0.717) is 0 Å². The third-order valence-electron chi connectivity index (χ3n) is 4.87. The molecule has 1 amide bonds. The Morgan fingerprint density at radius 3 is 2.79 bits per heavy atom. The van der Waals surface area contributed by atoms with E-state index in [4.69, 9.17) is 4.98 Å². The van der Waals surface area contributed by atoms with Crippen LogP contribution in [0.3, 0.4) is 0 Å². The summed E-state index contributed by atoms with van der Waals surface area (Å²) in [6.07, 6.45) is 2.01. The number of nitrogens with one attached hydrogen (secondary N) is 2. The number of aryl methyl sites for hydroxylation is 1. The largest absolute Gasteiger partial charge is 0.337 e. The SMILES string of the molecule is CCCc1cc(-c2nc3cc4c(cc3[nH]2)N(C)C(=O)C4(C)C)[nH]n1. The first kappa shape index (κ1) is 14.9. The number of imidazole rings is 1. The number of amides is 1. The Balaban J connectivity index is 1.82. The maximum Gasteiger partial charge on any atom is 0.236 e. The zero-order valence-corrected chi connectivity index (χ0v) is 14.4. The van der Waals surface area contributed by atoms with Gasteiger partial charge >= 0.3 is 0 Å². The number of hydrogen-bond acceptors (Lipinski definition) is 3. The van der Waals surface area contributed by atoms with Crippen LogP contribution in [-0.4, -0.2) is 33.1 Å². The Bertz CT molecular complexity index is 950. The van der Waals surface area contributed by atoms with Crippen molar-refractivity contribution < 1.29 is 4.79 Å². The molecule has 0 saturated heterocycles. The standard InChI is InChI=1S/C18H21N5O/c1-5-6-10-7-14(22-21-10)16-19-12-8-11-15(9-13(12)20-16)23(4)17(24)18(11,2)3/h7-9H,5-6H2,1-4H3,(H,19,20)(H,21,22). The number of fused-ring (bicyclic) bond motifs is 2. The number of anilines is 1. The quantitative estimate of drug-likeness (QED) is 0.777. The predicted octanol–water partition coefficient (Wildman–Crippen LogP) is 3.16. The average molecular weight is 323 g/mol. The molecule has 1 aliphatic rings. The predicted molar refractivity (Wildman–Crippen MR) is 94.1 cm³/mol. The lowest BCUT2D eigenvalue weighted by molar-refractivity contribution is -0.121. The first-order chi connectivity index (χ1) is 11.4. The molecule has 4 rings (SSSR count). The van der Waals surface area contributed by atoms with Gasteiger partial charge in [0.15, 0.2) is 5.82 Å². The van der Waals surface area contributed by atoms with Gasteiger partial charge in [0.2, 0.25) is 5.91 Å². The number of aromatic amines is 2. The second kappa shape index (κ2) is 4.93. The van der Waals surface area contributed by atoms with Crippen LogP contribution in [0, 0.1) is 0 Å². The maximum absolute atomic E-state index is 12.4. The van der Waals surface area contributed by atoms with Gasteiger partial charge in [0, 0.05) is 12.7 Å². The Morgan fingerprint density at radius 2 is 2.04 bits per heavy atom. The molecule has 0 radical (unpaired) electrons. The van der Waals surface area contributed by atoms with E-state index in [2.05, 4.69) is 22.1 Å². The van der Waals surface area contributed by atoms with Crippen LogP contribution in [0.4, 0.5) is 5.69 Å². The molecule has 0 saturated carbocycles. The first-order valence-corrected chi connectivity index (χ1v) is 8.29. The van der Waals surface area contributed by atoms with Crippen molar-refractivity contribution in [1.82, 2.24) is 20.2 Å². The van der Waals surface area contributed by atoms with E-state index in [9.17, 15) is 4.79 Å². The van der Waals surface area contributed by atoms with Crippen molar-refractivity contribution in [2.24, 2.45) is 0 Å². The van der Waals surface area contributed by atoms with Crippen LogP contribution in [0.15, 0.2) is 18.2 Å². The summed E-state index contributed by atoms with van der Waals surface area (Å²) in [7, 11) is 1.82. The number of likely N-dealkylation sites (N-methyl/N-ethyl adjacent to an activating group) is 1. The molecule has 0 aliphatic carbocycles. The second-order valence-corrected chi connectivity index (χ2v) is 6.98. The smallest absolute Gasteiger partial charge is 0.236 e. The lowest BCUT2D eigenvalue weighted by Crippen LogP contribution is -2.33. The summed E-state index contributed by atoms with van der Waals surface area (Å²) in [6.45, 7) is 6.06. The van der Waals surface area contributed by atoms with Gasteiger partial charge in [-0.2, -0.15) is 5.10 Å². The fourth-order valence-electron chi connectivity index (χ4n) is 3.46. The van der Waals surface area contributed by atoms with Crippen molar-refractivity contribution in [2.45, 2.75) is 39.0 Å². The molecule has 0 spiro atoms. The molecule has 0 unspecified atom stereocenters. The van der Waals surface area contributed by atoms with Crippen molar-refractivity contribution in [1.29, 1.82) is 0 Å². The summed E-state index contributed by atoms with van der Waals surface area (Å²) in [5.74, 6) is 0.887. The van der Waals surface area contributed by atoms with Crippen LogP contribution in [-0.2, 0) is 16.6 Å². The third kappa shape index (κ3) is 1.99. The summed E-state index contributed by atoms with van der Waals surface area (Å²) in [5, 5.41) is 7.37. The molecule has 0 fully saturated rings.